The van der Waals surface area contributed by atoms with Gasteiger partial charge in [0.05, 0.1) is 0 Å². The van der Waals surface area contributed by atoms with E-state index in [0.29, 0.717) is 0 Å². The minimum absolute atomic E-state index is 0.745. The van der Waals surface area contributed by atoms with Crippen LogP contribution in [0.5, 0.6) is 0 Å². The van der Waals surface area contributed by atoms with E-state index in [4.69, 9.17) is 0 Å². The van der Waals surface area contributed by atoms with Gasteiger partial charge in [-0.25, -0.2) is 0 Å². The molecule has 0 aliphatic carbocycles. The van der Waals surface area contributed by atoms with Crippen LogP contribution < -0.4 is 5.32 Å². The lowest BCUT2D eigenvalue weighted by Crippen LogP contribution is -2.20. The minimum Gasteiger partial charge on any atom is -0.314 e. The lowest BCUT2D eigenvalue weighted by atomic mass is 9.91. The first kappa shape index (κ1) is 7.07. The molecule has 9 heavy (non-hydrogen) atoms. The summed E-state index contributed by atoms with van der Waals surface area (Å²) >= 11 is 0. The van der Waals surface area contributed by atoms with Crippen molar-refractivity contribution in [1.29, 1.82) is 0 Å². The van der Waals surface area contributed by atoms with E-state index in [1.807, 2.05) is 0 Å². The Morgan fingerprint density at radius 1 is 1.44 bits per heavy atom. The topological polar surface area (TPSA) is 12.0 Å². The van der Waals surface area contributed by atoms with Crippen molar-refractivity contribution < 1.29 is 0 Å². The Labute approximate surface area is 57.8 Å². The van der Waals surface area contributed by atoms with Crippen molar-refractivity contribution >= 4 is 0 Å². The van der Waals surface area contributed by atoms with Gasteiger partial charge in [0.25, 0.3) is 0 Å². The van der Waals surface area contributed by atoms with Gasteiger partial charge in [0, 0.05) is 6.04 Å². The van der Waals surface area contributed by atoms with Gasteiger partial charge in [-0.3, -0.25) is 0 Å². The predicted molar refractivity (Wildman–Crippen MR) is 40.4 cm³/mol. The molecule has 1 heteroatoms. The quantitative estimate of drug-likeness (QED) is 0.564. The zero-order valence-electron chi connectivity index (χ0n) is 6.65. The molecule has 1 rings (SSSR count). The fraction of sp³-hybridized carbons (Fsp3) is 1.00. The fourth-order valence-electron chi connectivity index (χ4n) is 1.63. The van der Waals surface area contributed by atoms with Crippen LogP contribution in [0.4, 0.5) is 0 Å². The van der Waals surface area contributed by atoms with E-state index in [9.17, 15) is 0 Å². The molecular weight excluding hydrogens is 110 g/mol. The van der Waals surface area contributed by atoms with Crippen LogP contribution in [0.1, 0.15) is 27.2 Å². The second-order valence-electron chi connectivity index (χ2n) is 3.22. The maximum Gasteiger partial charge on any atom is 0.00675 e. The third-order valence-electron chi connectivity index (χ3n) is 2.76. The van der Waals surface area contributed by atoms with Gasteiger partial charge in [-0.1, -0.05) is 20.3 Å². The first-order valence-electron chi connectivity index (χ1n) is 3.99. The summed E-state index contributed by atoms with van der Waals surface area (Å²) in [6.45, 7) is 8.14. The van der Waals surface area contributed by atoms with Gasteiger partial charge < -0.3 is 5.32 Å². The van der Waals surface area contributed by atoms with E-state index in [0.717, 1.165) is 17.9 Å². The monoisotopic (exact) mass is 127 g/mol. The van der Waals surface area contributed by atoms with E-state index in [-0.39, 0.29) is 0 Å². The molecule has 1 aliphatic heterocycles. The van der Waals surface area contributed by atoms with Crippen molar-refractivity contribution in [3.05, 3.63) is 0 Å². The van der Waals surface area contributed by atoms with Gasteiger partial charge >= 0.3 is 0 Å². The third-order valence-corrected chi connectivity index (χ3v) is 2.76. The average molecular weight is 127 g/mol. The first-order chi connectivity index (χ1) is 4.25. The second-order valence-corrected chi connectivity index (χ2v) is 3.22. The van der Waals surface area contributed by atoms with Crippen molar-refractivity contribution in [3.63, 3.8) is 0 Å². The van der Waals surface area contributed by atoms with E-state index in [1.165, 1.54) is 13.0 Å². The molecule has 1 N–H and O–H groups in total. The van der Waals surface area contributed by atoms with Crippen LogP contribution in [0.3, 0.4) is 0 Å². The molecule has 0 radical (unpaired) electrons. The molecule has 1 saturated heterocycles. The highest BCUT2D eigenvalue weighted by atomic mass is 15.0. The minimum atomic E-state index is 0.745. The fourth-order valence-corrected chi connectivity index (χ4v) is 1.63. The van der Waals surface area contributed by atoms with E-state index in [2.05, 4.69) is 26.1 Å². The summed E-state index contributed by atoms with van der Waals surface area (Å²) in [7, 11) is 0. The third kappa shape index (κ3) is 1.26. The van der Waals surface area contributed by atoms with Crippen LogP contribution in [0.2, 0.25) is 0 Å². The van der Waals surface area contributed by atoms with Gasteiger partial charge in [0.1, 0.15) is 0 Å². The van der Waals surface area contributed by atoms with Gasteiger partial charge in [-0.2, -0.15) is 0 Å². The Morgan fingerprint density at radius 2 is 2.11 bits per heavy atom. The van der Waals surface area contributed by atoms with Gasteiger partial charge in [0.2, 0.25) is 0 Å². The number of nitrogens with one attached hydrogen (secondary N) is 1. The molecule has 0 spiro atoms. The van der Waals surface area contributed by atoms with Crippen molar-refractivity contribution in [2.75, 3.05) is 6.54 Å². The van der Waals surface area contributed by atoms with Crippen molar-refractivity contribution in [3.8, 4) is 0 Å². The molecule has 0 amide bonds. The summed E-state index contributed by atoms with van der Waals surface area (Å²) < 4.78 is 0. The highest BCUT2D eigenvalue weighted by Gasteiger charge is 2.27. The molecule has 0 saturated carbocycles. The number of hydrogen-bond donors (Lipinski definition) is 1. The summed E-state index contributed by atoms with van der Waals surface area (Å²) in [5, 5.41) is 3.47. The molecule has 0 bridgehead atoms. The van der Waals surface area contributed by atoms with Crippen molar-refractivity contribution in [1.82, 2.24) is 5.32 Å². The summed E-state index contributed by atoms with van der Waals surface area (Å²) in [6, 6.07) is 0.745. The smallest absolute Gasteiger partial charge is 0.00675 e. The highest BCUT2D eigenvalue weighted by Crippen LogP contribution is 2.23. The van der Waals surface area contributed by atoms with Crippen molar-refractivity contribution in [2.24, 2.45) is 11.8 Å². The Hall–Kier alpha value is -0.0400. The lowest BCUT2D eigenvalue weighted by Gasteiger charge is -2.13. The van der Waals surface area contributed by atoms with Gasteiger partial charge in [-0.05, 0) is 25.3 Å². The first-order valence-corrected chi connectivity index (χ1v) is 3.99. The molecule has 0 aromatic rings. The van der Waals surface area contributed by atoms with Crippen LogP contribution in [-0.2, 0) is 0 Å². The maximum absolute atomic E-state index is 3.47. The Kier molecular flexibility index (Phi) is 2.12. The molecule has 1 nitrogen and oxygen atoms in total. The number of rotatable bonds is 1. The molecule has 1 fully saturated rings. The molecule has 1 heterocycles. The Morgan fingerprint density at radius 3 is 2.33 bits per heavy atom. The normalized spacial score (nSPS) is 43.7. The molecule has 0 aromatic carbocycles. The van der Waals surface area contributed by atoms with Crippen LogP contribution in [0.25, 0.3) is 0 Å². The molecular formula is C8H17N. The maximum atomic E-state index is 3.47. The number of hydrogen-bond acceptors (Lipinski definition) is 1. The Balaban J connectivity index is 2.41. The Bertz CT molecular complexity index is 90.6. The predicted octanol–water partition coefficient (Wildman–Crippen LogP) is 1.64. The summed E-state index contributed by atoms with van der Waals surface area (Å²) in [4.78, 5) is 0. The van der Waals surface area contributed by atoms with E-state index >= 15 is 0 Å². The second kappa shape index (κ2) is 2.70. The zero-order valence-corrected chi connectivity index (χ0v) is 6.65. The van der Waals surface area contributed by atoms with Gasteiger partial charge in [-0.15, -0.1) is 0 Å². The molecule has 1 aliphatic rings. The molecule has 54 valence electrons. The summed E-state index contributed by atoms with van der Waals surface area (Å²) in [6.07, 6.45) is 1.33. The largest absolute Gasteiger partial charge is 0.314 e. The van der Waals surface area contributed by atoms with E-state index < -0.39 is 0 Å². The van der Waals surface area contributed by atoms with Crippen LogP contribution in [0.15, 0.2) is 0 Å². The molecule has 0 aromatic heterocycles. The van der Waals surface area contributed by atoms with Crippen molar-refractivity contribution in [2.45, 2.75) is 33.2 Å². The standard InChI is InChI=1S/C8H17N/c1-4-8-5-9-7(3)6(8)2/h6-9H,4-5H2,1-3H3. The highest BCUT2D eigenvalue weighted by molar-refractivity contribution is 4.83. The zero-order chi connectivity index (χ0) is 6.85. The summed E-state index contributed by atoms with van der Waals surface area (Å²) in [5.41, 5.74) is 0. The van der Waals surface area contributed by atoms with E-state index in [1.54, 1.807) is 0 Å². The molecule has 3 atom stereocenters. The SMILES string of the molecule is CCC1CNC(C)C1C. The average Bonchev–Trinajstić information content (AvgIpc) is 2.15. The molecule has 3 unspecified atom stereocenters. The van der Waals surface area contributed by atoms with Gasteiger partial charge in [0.15, 0.2) is 0 Å². The lowest BCUT2D eigenvalue weighted by molar-refractivity contribution is 0.399. The summed E-state index contributed by atoms with van der Waals surface area (Å²) in [5.74, 6) is 1.81. The van der Waals surface area contributed by atoms with Crippen LogP contribution >= 0.6 is 0 Å². The van der Waals surface area contributed by atoms with Crippen LogP contribution in [0, 0.1) is 11.8 Å². The van der Waals surface area contributed by atoms with Crippen LogP contribution in [-0.4, -0.2) is 12.6 Å².